The van der Waals surface area contributed by atoms with E-state index in [9.17, 15) is 20.2 Å². The Labute approximate surface area is 127 Å². The Morgan fingerprint density at radius 1 is 1.00 bits per heavy atom. The van der Waals surface area contributed by atoms with Crippen molar-refractivity contribution in [3.63, 3.8) is 0 Å². The molecule has 2 aromatic heterocycles. The molecule has 0 saturated heterocycles. The summed E-state index contributed by atoms with van der Waals surface area (Å²) in [5, 5.41) is 25.6. The summed E-state index contributed by atoms with van der Waals surface area (Å²) in [6.07, 6.45) is 3.08. The maximum absolute atomic E-state index is 11.1. The Hall–Kier alpha value is -3.69. The Kier molecular flexibility index (Phi) is 3.47. The maximum Gasteiger partial charge on any atom is 0.289 e. The predicted molar refractivity (Wildman–Crippen MR) is 76.3 cm³/mol. The van der Waals surface area contributed by atoms with Gasteiger partial charge in [-0.05, 0) is 18.2 Å². The number of benzene rings is 1. The third kappa shape index (κ3) is 2.72. The number of hydrogen-bond donors (Lipinski definition) is 0. The molecule has 10 heteroatoms. The van der Waals surface area contributed by atoms with Crippen LogP contribution in [-0.4, -0.2) is 25.0 Å². The van der Waals surface area contributed by atoms with Crippen molar-refractivity contribution < 1.29 is 14.4 Å². The number of nitro benzene ring substituents is 2. The van der Waals surface area contributed by atoms with Crippen molar-refractivity contribution in [2.24, 2.45) is 0 Å². The molecule has 0 spiro atoms. The maximum atomic E-state index is 11.1. The summed E-state index contributed by atoms with van der Waals surface area (Å²) in [4.78, 5) is 28.4. The molecule has 0 unspecified atom stereocenters. The first-order valence-electron chi connectivity index (χ1n) is 6.23. The fraction of sp³-hybridized carbons (Fsp3) is 0. The molecule has 0 radical (unpaired) electrons. The number of nitro groups is 2. The van der Waals surface area contributed by atoms with Crippen LogP contribution in [0.3, 0.4) is 0 Å². The minimum absolute atomic E-state index is 0.00778. The standard InChI is InChI=1S/C13H7N5O5/c19-17(20)9-1-2-10(11(7-9)18(21)22)13-15-12(16-23-13)8-3-5-14-6-4-8/h1-7H. The van der Waals surface area contributed by atoms with Gasteiger partial charge < -0.3 is 4.52 Å². The lowest BCUT2D eigenvalue weighted by atomic mass is 10.1. The van der Waals surface area contributed by atoms with Gasteiger partial charge in [-0.2, -0.15) is 4.98 Å². The summed E-state index contributed by atoms with van der Waals surface area (Å²) in [6, 6.07) is 6.50. The van der Waals surface area contributed by atoms with Gasteiger partial charge in [0.05, 0.1) is 15.9 Å². The van der Waals surface area contributed by atoms with Gasteiger partial charge >= 0.3 is 0 Å². The molecule has 0 bridgehead atoms. The number of hydrogen-bond acceptors (Lipinski definition) is 8. The molecule has 1 aromatic carbocycles. The highest BCUT2D eigenvalue weighted by atomic mass is 16.6. The summed E-state index contributed by atoms with van der Waals surface area (Å²) in [5.74, 6) is 0.133. The Morgan fingerprint density at radius 3 is 2.39 bits per heavy atom. The summed E-state index contributed by atoms with van der Waals surface area (Å²) >= 11 is 0. The monoisotopic (exact) mass is 313 g/mol. The Bertz CT molecular complexity index is 893. The van der Waals surface area contributed by atoms with E-state index in [1.165, 1.54) is 6.07 Å². The van der Waals surface area contributed by atoms with Crippen LogP contribution >= 0.6 is 0 Å². The van der Waals surface area contributed by atoms with Gasteiger partial charge in [0.25, 0.3) is 17.3 Å². The molecule has 0 aliphatic heterocycles. The highest BCUT2D eigenvalue weighted by Gasteiger charge is 2.24. The van der Waals surface area contributed by atoms with Crippen molar-refractivity contribution >= 4 is 11.4 Å². The van der Waals surface area contributed by atoms with E-state index in [1.807, 2.05) is 0 Å². The van der Waals surface area contributed by atoms with Crippen molar-refractivity contribution in [2.75, 3.05) is 0 Å². The predicted octanol–water partition coefficient (Wildman–Crippen LogP) is 2.62. The molecule has 0 fully saturated rings. The molecule has 0 N–H and O–H groups in total. The van der Waals surface area contributed by atoms with Crippen molar-refractivity contribution in [3.05, 3.63) is 63.0 Å². The molecular weight excluding hydrogens is 306 g/mol. The van der Waals surface area contributed by atoms with Crippen molar-refractivity contribution in [3.8, 4) is 22.8 Å². The molecule has 0 aliphatic rings. The molecule has 0 saturated carbocycles. The number of non-ortho nitro benzene ring substituents is 1. The second kappa shape index (κ2) is 5.60. The zero-order chi connectivity index (χ0) is 16.4. The highest BCUT2D eigenvalue weighted by molar-refractivity contribution is 5.70. The van der Waals surface area contributed by atoms with Gasteiger partial charge in [-0.25, -0.2) is 0 Å². The van der Waals surface area contributed by atoms with Crippen LogP contribution in [0.4, 0.5) is 11.4 Å². The zero-order valence-electron chi connectivity index (χ0n) is 11.3. The summed E-state index contributed by atoms with van der Waals surface area (Å²) < 4.78 is 5.04. The SMILES string of the molecule is O=[N+]([O-])c1ccc(-c2nc(-c3ccncc3)no2)c([N+](=O)[O-])c1. The normalized spacial score (nSPS) is 10.4. The largest absolute Gasteiger partial charge is 0.333 e. The highest BCUT2D eigenvalue weighted by Crippen LogP contribution is 2.32. The lowest BCUT2D eigenvalue weighted by Crippen LogP contribution is -1.95. The number of aromatic nitrogens is 3. The first kappa shape index (κ1) is 14.3. The topological polar surface area (TPSA) is 138 Å². The molecule has 3 rings (SSSR count). The van der Waals surface area contributed by atoms with Crippen LogP contribution in [0, 0.1) is 20.2 Å². The van der Waals surface area contributed by atoms with Gasteiger partial charge in [-0.1, -0.05) is 5.16 Å². The zero-order valence-corrected chi connectivity index (χ0v) is 11.3. The lowest BCUT2D eigenvalue weighted by molar-refractivity contribution is -0.393. The van der Waals surface area contributed by atoms with Gasteiger partial charge in [-0.3, -0.25) is 25.2 Å². The van der Waals surface area contributed by atoms with E-state index in [4.69, 9.17) is 4.52 Å². The first-order chi connectivity index (χ1) is 11.1. The minimum Gasteiger partial charge on any atom is -0.333 e. The Morgan fingerprint density at radius 2 is 1.74 bits per heavy atom. The molecule has 114 valence electrons. The smallest absolute Gasteiger partial charge is 0.289 e. The van der Waals surface area contributed by atoms with Gasteiger partial charge in [0.2, 0.25) is 5.82 Å². The fourth-order valence-corrected chi connectivity index (χ4v) is 1.92. The molecule has 23 heavy (non-hydrogen) atoms. The molecule has 0 atom stereocenters. The van der Waals surface area contributed by atoms with E-state index in [2.05, 4.69) is 15.1 Å². The van der Waals surface area contributed by atoms with Crippen LogP contribution in [0.5, 0.6) is 0 Å². The van der Waals surface area contributed by atoms with Crippen LogP contribution in [0.1, 0.15) is 0 Å². The van der Waals surface area contributed by atoms with Gasteiger partial charge in [0.1, 0.15) is 5.56 Å². The fourth-order valence-electron chi connectivity index (χ4n) is 1.92. The second-order valence-corrected chi connectivity index (χ2v) is 4.37. The van der Waals surface area contributed by atoms with Gasteiger partial charge in [0, 0.05) is 24.0 Å². The molecule has 0 amide bonds. The van der Waals surface area contributed by atoms with Crippen LogP contribution in [0.15, 0.2) is 47.2 Å². The van der Waals surface area contributed by atoms with Crippen LogP contribution in [0.2, 0.25) is 0 Å². The quantitative estimate of drug-likeness (QED) is 0.529. The molecule has 0 aliphatic carbocycles. The van der Waals surface area contributed by atoms with E-state index in [0.29, 0.717) is 5.56 Å². The lowest BCUT2D eigenvalue weighted by Gasteiger charge is -1.98. The summed E-state index contributed by atoms with van der Waals surface area (Å²) in [6.45, 7) is 0. The van der Waals surface area contributed by atoms with Crippen molar-refractivity contribution in [1.82, 2.24) is 15.1 Å². The molecule has 2 heterocycles. The van der Waals surface area contributed by atoms with Crippen LogP contribution in [0.25, 0.3) is 22.8 Å². The van der Waals surface area contributed by atoms with Crippen LogP contribution < -0.4 is 0 Å². The molecule has 10 nitrogen and oxygen atoms in total. The number of nitrogens with zero attached hydrogens (tertiary/aromatic N) is 5. The van der Waals surface area contributed by atoms with E-state index < -0.39 is 21.2 Å². The third-order valence-electron chi connectivity index (χ3n) is 2.98. The van der Waals surface area contributed by atoms with Crippen molar-refractivity contribution in [1.29, 1.82) is 0 Å². The third-order valence-corrected chi connectivity index (χ3v) is 2.98. The average molecular weight is 313 g/mol. The van der Waals surface area contributed by atoms with E-state index in [-0.39, 0.29) is 17.3 Å². The van der Waals surface area contributed by atoms with Gasteiger partial charge in [0.15, 0.2) is 0 Å². The van der Waals surface area contributed by atoms with E-state index >= 15 is 0 Å². The average Bonchev–Trinajstić information content (AvgIpc) is 3.04. The Balaban J connectivity index is 2.07. The van der Waals surface area contributed by atoms with Crippen molar-refractivity contribution in [2.45, 2.75) is 0 Å². The van der Waals surface area contributed by atoms with E-state index in [1.54, 1.807) is 24.5 Å². The summed E-state index contributed by atoms with van der Waals surface area (Å²) in [5.41, 5.74) is -0.244. The first-order valence-corrected chi connectivity index (χ1v) is 6.23. The number of rotatable bonds is 4. The summed E-state index contributed by atoms with van der Waals surface area (Å²) in [7, 11) is 0. The molecular formula is C13H7N5O5. The van der Waals surface area contributed by atoms with E-state index in [0.717, 1.165) is 12.1 Å². The van der Waals surface area contributed by atoms with Crippen LogP contribution in [-0.2, 0) is 0 Å². The number of pyridine rings is 1. The van der Waals surface area contributed by atoms with Gasteiger partial charge in [-0.15, -0.1) is 0 Å². The molecule has 3 aromatic rings. The minimum atomic E-state index is -0.737. The second-order valence-electron chi connectivity index (χ2n) is 4.37.